The molecule has 0 N–H and O–H groups in total. The second-order valence-corrected chi connectivity index (χ2v) is 15.5. The maximum absolute atomic E-state index is 6.32. The van der Waals surface area contributed by atoms with Gasteiger partial charge in [-0.15, -0.1) is 0 Å². The monoisotopic (exact) mass is 792 g/mol. The normalized spacial score (nSPS) is 11.5. The van der Waals surface area contributed by atoms with Crippen molar-refractivity contribution < 1.29 is 4.42 Å². The van der Waals surface area contributed by atoms with Crippen LogP contribution in [0, 0.1) is 0 Å². The van der Waals surface area contributed by atoms with Crippen molar-refractivity contribution in [2.75, 3.05) is 0 Å². The van der Waals surface area contributed by atoms with Crippen molar-refractivity contribution in [3.8, 4) is 73.2 Å². The smallest absolute Gasteiger partial charge is 0.164 e. The van der Waals surface area contributed by atoms with E-state index in [-0.39, 0.29) is 0 Å². The highest BCUT2D eigenvalue weighted by Gasteiger charge is 2.21. The summed E-state index contributed by atoms with van der Waals surface area (Å²) in [5, 5.41) is 4.61. The zero-order valence-corrected chi connectivity index (χ0v) is 33.5. The molecule has 0 fully saturated rings. The average Bonchev–Trinajstić information content (AvgIpc) is 3.90. The molecule has 0 radical (unpaired) electrons. The fourth-order valence-corrected chi connectivity index (χ4v) is 9.03. The fraction of sp³-hybridized carbons (Fsp3) is 0. The highest BCUT2D eigenvalue weighted by atomic mass is 16.3. The molecule has 0 saturated heterocycles. The van der Waals surface area contributed by atoms with Crippen molar-refractivity contribution in [2.24, 2.45) is 0 Å². The average molecular weight is 793 g/mol. The lowest BCUT2D eigenvalue weighted by Gasteiger charge is -2.17. The molecule has 12 rings (SSSR count). The summed E-state index contributed by atoms with van der Waals surface area (Å²) in [6, 6.07) is 76.3. The van der Waals surface area contributed by atoms with Crippen LogP contribution in [0.25, 0.3) is 117 Å². The summed E-state index contributed by atoms with van der Waals surface area (Å²) < 4.78 is 8.74. The van der Waals surface area contributed by atoms with Crippen LogP contribution >= 0.6 is 0 Å². The topological polar surface area (TPSA) is 56.7 Å². The van der Waals surface area contributed by atoms with E-state index in [9.17, 15) is 0 Å². The Kier molecular flexibility index (Phi) is 8.42. The lowest BCUT2D eigenvalue weighted by molar-refractivity contribution is 0.669. The Morgan fingerprint density at radius 1 is 0.306 bits per heavy atom. The van der Waals surface area contributed by atoms with E-state index in [1.807, 2.05) is 36.4 Å². The van der Waals surface area contributed by atoms with Gasteiger partial charge in [0.05, 0.1) is 16.7 Å². The van der Waals surface area contributed by atoms with Crippen LogP contribution in [0.2, 0.25) is 0 Å². The molecule has 62 heavy (non-hydrogen) atoms. The molecule has 0 aliphatic rings. The summed E-state index contributed by atoms with van der Waals surface area (Å²) in [5.41, 5.74) is 14.4. The van der Waals surface area contributed by atoms with E-state index in [4.69, 9.17) is 19.4 Å². The Labute approximate surface area is 357 Å². The van der Waals surface area contributed by atoms with Crippen molar-refractivity contribution >= 4 is 43.7 Å². The van der Waals surface area contributed by atoms with Gasteiger partial charge in [0.25, 0.3) is 0 Å². The minimum absolute atomic E-state index is 0.606. The van der Waals surface area contributed by atoms with Gasteiger partial charge >= 0.3 is 0 Å². The Hall–Kier alpha value is -8.41. The minimum atomic E-state index is 0.606. The quantitative estimate of drug-likeness (QED) is 0.161. The van der Waals surface area contributed by atoms with Crippen molar-refractivity contribution in [2.45, 2.75) is 0 Å². The Balaban J connectivity index is 1.06. The van der Waals surface area contributed by atoms with Gasteiger partial charge in [0.15, 0.2) is 17.5 Å². The van der Waals surface area contributed by atoms with E-state index in [1.54, 1.807) is 0 Å². The third-order valence-electron chi connectivity index (χ3n) is 11.9. The Bertz CT molecular complexity index is 3640. The van der Waals surface area contributed by atoms with Crippen LogP contribution in [0.5, 0.6) is 0 Å². The van der Waals surface area contributed by atoms with Crippen LogP contribution in [-0.4, -0.2) is 19.5 Å². The van der Waals surface area contributed by atoms with Crippen molar-refractivity contribution in [1.82, 2.24) is 19.5 Å². The van der Waals surface area contributed by atoms with E-state index in [0.717, 1.165) is 88.7 Å². The molecule has 3 heterocycles. The number of hydrogen-bond acceptors (Lipinski definition) is 4. The Morgan fingerprint density at radius 3 is 1.71 bits per heavy atom. The van der Waals surface area contributed by atoms with Crippen LogP contribution in [0.4, 0.5) is 0 Å². The molecular weight excluding hydrogens is 757 g/mol. The molecule has 0 atom stereocenters. The van der Waals surface area contributed by atoms with Gasteiger partial charge in [-0.3, -0.25) is 0 Å². The predicted molar refractivity (Wildman–Crippen MR) is 254 cm³/mol. The number of fused-ring (bicyclic) bond motifs is 6. The van der Waals surface area contributed by atoms with Crippen LogP contribution in [-0.2, 0) is 0 Å². The maximum atomic E-state index is 6.32. The lowest BCUT2D eigenvalue weighted by Crippen LogP contribution is -2.02. The lowest BCUT2D eigenvalue weighted by atomic mass is 9.96. The first kappa shape index (κ1) is 35.5. The van der Waals surface area contributed by atoms with Gasteiger partial charge in [-0.25, -0.2) is 15.0 Å². The molecule has 0 aliphatic carbocycles. The second kappa shape index (κ2) is 14.7. The first-order valence-electron chi connectivity index (χ1n) is 20.9. The second-order valence-electron chi connectivity index (χ2n) is 15.5. The van der Waals surface area contributed by atoms with Gasteiger partial charge in [-0.05, 0) is 64.2 Å². The number of benzene rings is 9. The van der Waals surface area contributed by atoms with Crippen LogP contribution in [0.15, 0.2) is 223 Å². The number of nitrogens with zero attached hydrogens (tertiary/aromatic N) is 4. The molecule has 3 aromatic heterocycles. The highest BCUT2D eigenvalue weighted by molar-refractivity contribution is 6.15. The molecular formula is C57H36N4O. The number of furan rings is 1. The number of para-hydroxylation sites is 3. The molecule has 0 spiro atoms. The summed E-state index contributed by atoms with van der Waals surface area (Å²) in [4.78, 5) is 15.6. The highest BCUT2D eigenvalue weighted by Crippen LogP contribution is 2.42. The summed E-state index contributed by atoms with van der Waals surface area (Å²) in [7, 11) is 0. The van der Waals surface area contributed by atoms with Crippen molar-refractivity contribution in [3.05, 3.63) is 218 Å². The van der Waals surface area contributed by atoms with Gasteiger partial charge in [-0.1, -0.05) is 182 Å². The molecule has 9 aromatic carbocycles. The van der Waals surface area contributed by atoms with E-state index < -0.39 is 0 Å². The minimum Gasteiger partial charge on any atom is -0.456 e. The van der Waals surface area contributed by atoms with Crippen molar-refractivity contribution in [3.63, 3.8) is 0 Å². The standard InChI is InChI=1S/C57H36N4O/c1-3-17-37(18-4-1)39-21-15-22-41(35-39)56-58-55(38-19-5-2-6-20-38)59-57(60-56)47-26-8-7-23-43(47)44-24-9-12-29-49(44)61-50-30-13-10-25-45(50)46-34-33-40(36-51(46)61)42-28-16-32-53-54(42)48-27-11-14-31-52(48)62-53/h1-36H. The van der Waals surface area contributed by atoms with Gasteiger partial charge in [0.1, 0.15) is 11.2 Å². The largest absolute Gasteiger partial charge is 0.456 e. The molecule has 0 bridgehead atoms. The molecule has 5 heteroatoms. The molecule has 0 saturated carbocycles. The predicted octanol–water partition coefficient (Wildman–Crippen LogP) is 14.9. The first-order chi connectivity index (χ1) is 30.7. The summed E-state index contributed by atoms with van der Waals surface area (Å²) in [5.74, 6) is 1.84. The molecule has 5 nitrogen and oxygen atoms in total. The first-order valence-corrected chi connectivity index (χ1v) is 20.9. The third-order valence-corrected chi connectivity index (χ3v) is 11.9. The zero-order valence-electron chi connectivity index (χ0n) is 33.5. The van der Waals surface area contributed by atoms with Crippen LogP contribution in [0.3, 0.4) is 0 Å². The van der Waals surface area contributed by atoms with Gasteiger partial charge in [-0.2, -0.15) is 0 Å². The van der Waals surface area contributed by atoms with Crippen LogP contribution < -0.4 is 0 Å². The molecule has 290 valence electrons. The number of aromatic nitrogens is 4. The van der Waals surface area contributed by atoms with E-state index in [2.05, 4.69) is 187 Å². The van der Waals surface area contributed by atoms with Gasteiger partial charge in [0.2, 0.25) is 0 Å². The summed E-state index contributed by atoms with van der Waals surface area (Å²) >= 11 is 0. The molecule has 0 aliphatic heterocycles. The van der Waals surface area contributed by atoms with Gasteiger partial charge in [0, 0.05) is 43.8 Å². The summed E-state index contributed by atoms with van der Waals surface area (Å²) in [6.45, 7) is 0. The summed E-state index contributed by atoms with van der Waals surface area (Å²) in [6.07, 6.45) is 0. The number of hydrogen-bond donors (Lipinski definition) is 0. The van der Waals surface area contributed by atoms with E-state index in [0.29, 0.717) is 17.5 Å². The zero-order chi connectivity index (χ0) is 41.0. The third kappa shape index (κ3) is 5.98. The molecule has 12 aromatic rings. The number of rotatable bonds is 7. The molecule has 0 amide bonds. The molecule has 0 unspecified atom stereocenters. The SMILES string of the molecule is c1ccc(-c2cccc(-c3nc(-c4ccccc4)nc(-c4ccccc4-c4ccccc4-n4c5ccccc5c5ccc(-c6cccc7oc8ccccc8c67)cc54)n3)c2)cc1. The van der Waals surface area contributed by atoms with Crippen molar-refractivity contribution in [1.29, 1.82) is 0 Å². The Morgan fingerprint density at radius 2 is 0.871 bits per heavy atom. The van der Waals surface area contributed by atoms with Crippen LogP contribution in [0.1, 0.15) is 0 Å². The van der Waals surface area contributed by atoms with Gasteiger partial charge < -0.3 is 8.98 Å². The fourth-order valence-electron chi connectivity index (χ4n) is 9.03. The van der Waals surface area contributed by atoms with E-state index >= 15 is 0 Å². The maximum Gasteiger partial charge on any atom is 0.164 e. The van der Waals surface area contributed by atoms with E-state index in [1.165, 1.54) is 10.8 Å².